The van der Waals surface area contributed by atoms with Gasteiger partial charge in [-0.05, 0) is 23.8 Å². The SMILES string of the molecule is COc1cc(-c2cnc3cc(C4(C#N)COC4)ccn23)cnc1C(=O)CCC(F)(F)F. The predicted molar refractivity (Wildman–Crippen MR) is 103 cm³/mol. The van der Waals surface area contributed by atoms with E-state index >= 15 is 0 Å². The van der Waals surface area contributed by atoms with Gasteiger partial charge in [-0.15, -0.1) is 0 Å². The number of aromatic nitrogens is 3. The maximum absolute atomic E-state index is 12.4. The minimum atomic E-state index is -4.42. The number of ketones is 1. The van der Waals surface area contributed by atoms with Crippen LogP contribution >= 0.6 is 0 Å². The highest BCUT2D eigenvalue weighted by Gasteiger charge is 2.41. The highest BCUT2D eigenvalue weighted by molar-refractivity contribution is 5.97. The number of hydrogen-bond donors (Lipinski definition) is 0. The zero-order valence-electron chi connectivity index (χ0n) is 16.4. The van der Waals surface area contributed by atoms with Gasteiger partial charge in [0.15, 0.2) is 5.78 Å². The summed E-state index contributed by atoms with van der Waals surface area (Å²) in [7, 11) is 1.32. The summed E-state index contributed by atoms with van der Waals surface area (Å²) >= 11 is 0. The quantitative estimate of drug-likeness (QED) is 0.554. The van der Waals surface area contributed by atoms with Crippen LogP contribution in [0.5, 0.6) is 5.75 Å². The molecule has 0 unspecified atom stereocenters. The van der Waals surface area contributed by atoms with Crippen molar-refractivity contribution in [1.29, 1.82) is 5.26 Å². The number of fused-ring (bicyclic) bond motifs is 1. The highest BCUT2D eigenvalue weighted by Crippen LogP contribution is 2.33. The van der Waals surface area contributed by atoms with Gasteiger partial charge in [-0.1, -0.05) is 0 Å². The topological polar surface area (TPSA) is 89.5 Å². The summed E-state index contributed by atoms with van der Waals surface area (Å²) in [5, 5.41) is 9.49. The zero-order chi connectivity index (χ0) is 22.2. The first-order valence-electron chi connectivity index (χ1n) is 9.37. The number of halogens is 3. The second-order valence-electron chi connectivity index (χ2n) is 7.29. The van der Waals surface area contributed by atoms with E-state index in [0.717, 1.165) is 5.56 Å². The molecular weight excluding hydrogens is 413 g/mol. The average Bonchev–Trinajstić information content (AvgIpc) is 3.14. The third-order valence-electron chi connectivity index (χ3n) is 5.24. The molecule has 3 aromatic rings. The third-order valence-corrected chi connectivity index (χ3v) is 5.24. The van der Waals surface area contributed by atoms with E-state index < -0.39 is 30.2 Å². The van der Waals surface area contributed by atoms with Crippen molar-refractivity contribution in [3.63, 3.8) is 0 Å². The van der Waals surface area contributed by atoms with Crippen molar-refractivity contribution in [2.75, 3.05) is 20.3 Å². The predicted octanol–water partition coefficient (Wildman–Crippen LogP) is 3.72. The number of carbonyl (C=O) groups excluding carboxylic acids is 1. The van der Waals surface area contributed by atoms with Crippen molar-refractivity contribution < 1.29 is 27.4 Å². The number of ether oxygens (including phenoxy) is 2. The Kier molecular flexibility index (Phi) is 5.15. The maximum Gasteiger partial charge on any atom is 0.389 e. The Balaban J connectivity index is 1.65. The molecule has 0 N–H and O–H groups in total. The van der Waals surface area contributed by atoms with Crippen LogP contribution in [-0.2, 0) is 10.2 Å². The second kappa shape index (κ2) is 7.67. The van der Waals surface area contributed by atoms with Gasteiger partial charge in [0, 0.05) is 24.4 Å². The van der Waals surface area contributed by atoms with Gasteiger partial charge < -0.3 is 9.47 Å². The molecule has 31 heavy (non-hydrogen) atoms. The summed E-state index contributed by atoms with van der Waals surface area (Å²) in [6.45, 7) is 0.663. The third kappa shape index (κ3) is 3.84. The van der Waals surface area contributed by atoms with Crippen molar-refractivity contribution in [2.45, 2.75) is 24.4 Å². The molecular formula is C21H17F3N4O3. The molecule has 7 nitrogen and oxygen atoms in total. The van der Waals surface area contributed by atoms with Gasteiger partial charge in [-0.2, -0.15) is 18.4 Å². The Labute approximate surface area is 175 Å². The molecule has 1 fully saturated rings. The molecule has 3 aromatic heterocycles. The van der Waals surface area contributed by atoms with Crippen LogP contribution in [0.15, 0.2) is 36.8 Å². The van der Waals surface area contributed by atoms with E-state index in [0.29, 0.717) is 30.1 Å². The van der Waals surface area contributed by atoms with Crippen LogP contribution in [0.4, 0.5) is 13.2 Å². The normalized spacial score (nSPS) is 15.3. The van der Waals surface area contributed by atoms with Gasteiger partial charge >= 0.3 is 6.18 Å². The van der Waals surface area contributed by atoms with Gasteiger partial charge in [-0.25, -0.2) is 9.97 Å². The summed E-state index contributed by atoms with van der Waals surface area (Å²) in [5.74, 6) is -0.653. The van der Waals surface area contributed by atoms with Crippen molar-refractivity contribution in [1.82, 2.24) is 14.4 Å². The van der Waals surface area contributed by atoms with Crippen LogP contribution in [0, 0.1) is 11.3 Å². The molecule has 0 radical (unpaired) electrons. The molecule has 0 amide bonds. The number of methoxy groups -OCH3 is 1. The molecule has 0 atom stereocenters. The Bertz CT molecular complexity index is 1190. The monoisotopic (exact) mass is 430 g/mol. The lowest BCUT2D eigenvalue weighted by molar-refractivity contribution is -0.133. The zero-order valence-corrected chi connectivity index (χ0v) is 16.4. The first-order valence-corrected chi connectivity index (χ1v) is 9.37. The molecule has 0 saturated carbocycles. The van der Waals surface area contributed by atoms with Crippen molar-refractivity contribution in [2.24, 2.45) is 0 Å². The molecule has 1 aliphatic rings. The smallest absolute Gasteiger partial charge is 0.389 e. The summed E-state index contributed by atoms with van der Waals surface area (Å²) in [6.07, 6.45) is -1.56. The molecule has 0 bridgehead atoms. The van der Waals surface area contributed by atoms with Gasteiger partial charge in [0.1, 0.15) is 22.5 Å². The van der Waals surface area contributed by atoms with Crippen LogP contribution in [0.3, 0.4) is 0 Å². The molecule has 10 heteroatoms. The lowest BCUT2D eigenvalue weighted by Gasteiger charge is -2.35. The number of pyridine rings is 2. The Hall–Kier alpha value is -3.45. The summed E-state index contributed by atoms with van der Waals surface area (Å²) in [6, 6.07) is 7.48. The maximum atomic E-state index is 12.4. The largest absolute Gasteiger partial charge is 0.494 e. The molecule has 1 saturated heterocycles. The van der Waals surface area contributed by atoms with Gasteiger partial charge in [0.2, 0.25) is 0 Å². The fourth-order valence-electron chi connectivity index (χ4n) is 3.42. The number of alkyl halides is 3. The van der Waals surface area contributed by atoms with Crippen LogP contribution in [-0.4, -0.2) is 46.7 Å². The van der Waals surface area contributed by atoms with Crippen molar-refractivity contribution in [3.05, 3.63) is 48.0 Å². The molecule has 0 aromatic carbocycles. The minimum absolute atomic E-state index is 0.0892. The lowest BCUT2D eigenvalue weighted by Crippen LogP contribution is -2.45. The average molecular weight is 430 g/mol. The summed E-state index contributed by atoms with van der Waals surface area (Å²) in [5.41, 5.74) is 1.83. The molecule has 1 aliphatic heterocycles. The standard InChI is InChI=1S/C21H17F3N4O3/c1-30-17-6-13(8-27-19(17)16(29)2-4-21(22,23)24)15-9-26-18-7-14(3-5-28(15)18)20(10-25)11-31-12-20/h3,5-9H,2,4,11-12H2,1H3. The van der Waals surface area contributed by atoms with E-state index in [9.17, 15) is 23.2 Å². The van der Waals surface area contributed by atoms with E-state index in [1.807, 2.05) is 12.1 Å². The number of carbonyl (C=O) groups is 1. The summed E-state index contributed by atoms with van der Waals surface area (Å²) < 4.78 is 49.5. The van der Waals surface area contributed by atoms with Gasteiger partial charge in [0.25, 0.3) is 0 Å². The van der Waals surface area contributed by atoms with Gasteiger partial charge in [-0.3, -0.25) is 9.20 Å². The second-order valence-corrected chi connectivity index (χ2v) is 7.29. The Morgan fingerprint density at radius 3 is 2.71 bits per heavy atom. The number of hydrogen-bond acceptors (Lipinski definition) is 6. The van der Waals surface area contributed by atoms with E-state index in [4.69, 9.17) is 9.47 Å². The number of nitriles is 1. The molecule has 4 heterocycles. The van der Waals surface area contributed by atoms with E-state index in [1.165, 1.54) is 13.3 Å². The highest BCUT2D eigenvalue weighted by atomic mass is 19.4. The van der Waals surface area contributed by atoms with Gasteiger partial charge in [0.05, 0.1) is 44.7 Å². The van der Waals surface area contributed by atoms with Crippen LogP contribution < -0.4 is 4.74 Å². The molecule has 0 spiro atoms. The number of nitrogens with zero attached hydrogens (tertiary/aromatic N) is 4. The van der Waals surface area contributed by atoms with Crippen LogP contribution in [0.2, 0.25) is 0 Å². The molecule has 4 rings (SSSR count). The van der Waals surface area contributed by atoms with Crippen molar-refractivity contribution in [3.8, 4) is 23.1 Å². The first-order chi connectivity index (χ1) is 14.8. The van der Waals surface area contributed by atoms with Crippen LogP contribution in [0.25, 0.3) is 16.9 Å². The Morgan fingerprint density at radius 2 is 2.10 bits per heavy atom. The molecule has 160 valence electrons. The molecule has 0 aliphatic carbocycles. The Morgan fingerprint density at radius 1 is 1.32 bits per heavy atom. The van der Waals surface area contributed by atoms with Crippen molar-refractivity contribution >= 4 is 11.4 Å². The number of rotatable bonds is 6. The minimum Gasteiger partial charge on any atom is -0.494 e. The number of imidazole rings is 1. The van der Waals surface area contributed by atoms with E-state index in [-0.39, 0.29) is 11.4 Å². The van der Waals surface area contributed by atoms with Crippen LogP contribution in [0.1, 0.15) is 28.9 Å². The lowest BCUT2D eigenvalue weighted by atomic mass is 9.81. The van der Waals surface area contributed by atoms with E-state index in [2.05, 4.69) is 16.0 Å². The first kappa shape index (κ1) is 20.8. The summed E-state index contributed by atoms with van der Waals surface area (Å²) in [4.78, 5) is 20.6. The fourth-order valence-corrected chi connectivity index (χ4v) is 3.42. The number of Topliss-reactive ketones (excluding diaryl/α,β-unsaturated/α-hetero) is 1. The fraction of sp³-hybridized carbons (Fsp3) is 0.333. The van der Waals surface area contributed by atoms with E-state index in [1.54, 1.807) is 22.9 Å².